The minimum Gasteiger partial charge on any atom is -0.481 e. The van der Waals surface area contributed by atoms with E-state index in [1.54, 1.807) is 20.8 Å². The van der Waals surface area contributed by atoms with E-state index in [-0.39, 0.29) is 25.0 Å². The first-order valence-electron chi connectivity index (χ1n) is 13.0. The first-order valence-corrected chi connectivity index (χ1v) is 13.0. The Morgan fingerprint density at radius 1 is 0.897 bits per heavy atom. The molecule has 210 valence electrons. The molecule has 0 saturated heterocycles. The zero-order chi connectivity index (χ0) is 28.7. The summed E-state index contributed by atoms with van der Waals surface area (Å²) >= 11 is 0. The largest absolute Gasteiger partial charge is 0.481 e. The summed E-state index contributed by atoms with van der Waals surface area (Å²) in [5.74, 6) is -2.13. The van der Waals surface area contributed by atoms with E-state index in [2.05, 4.69) is 28.1 Å². The predicted molar refractivity (Wildman–Crippen MR) is 145 cm³/mol. The number of nitrogens with one attached hydrogen (secondary N) is 3. The molecule has 0 aliphatic heterocycles. The van der Waals surface area contributed by atoms with Crippen molar-refractivity contribution in [2.75, 3.05) is 13.2 Å². The van der Waals surface area contributed by atoms with Gasteiger partial charge in [-0.25, -0.2) is 9.59 Å². The van der Waals surface area contributed by atoms with Gasteiger partial charge in [-0.05, 0) is 48.9 Å². The van der Waals surface area contributed by atoms with Crippen molar-refractivity contribution >= 4 is 24.1 Å². The number of rotatable bonds is 10. The van der Waals surface area contributed by atoms with Crippen LogP contribution in [0.4, 0.5) is 9.59 Å². The summed E-state index contributed by atoms with van der Waals surface area (Å²) in [6, 6.07) is 14.2. The Labute approximate surface area is 228 Å². The number of carbonyl (C=O) groups is 4. The standard InChI is InChI=1S/C29H37N3O7/c1-17(2)24(15-30-26(35)23(14-25(33)34)31-28(37)39-29(3,4)5)32-27(36)38-16-22-20-12-8-6-10-18(20)19-11-7-9-13-21(19)22/h6-13,17,22-24H,14-16H2,1-5H3,(H,30,35)(H,31,37)(H,32,36)(H,33,34)/t23-,24+/m0/s1. The molecule has 1 aliphatic rings. The second kappa shape index (κ2) is 12.6. The van der Waals surface area contributed by atoms with Crippen molar-refractivity contribution < 1.29 is 33.8 Å². The van der Waals surface area contributed by atoms with Crippen LogP contribution in [0.3, 0.4) is 0 Å². The number of alkyl carbamates (subject to hydrolysis) is 2. The van der Waals surface area contributed by atoms with Gasteiger partial charge in [-0.2, -0.15) is 0 Å². The Kier molecular flexibility index (Phi) is 9.56. The quantitative estimate of drug-likeness (QED) is 0.357. The molecule has 0 radical (unpaired) electrons. The number of carboxylic acid groups (broad SMARTS) is 1. The van der Waals surface area contributed by atoms with Crippen LogP contribution in [0.5, 0.6) is 0 Å². The molecular weight excluding hydrogens is 502 g/mol. The van der Waals surface area contributed by atoms with Crippen LogP contribution >= 0.6 is 0 Å². The van der Waals surface area contributed by atoms with E-state index in [0.717, 1.165) is 22.3 Å². The van der Waals surface area contributed by atoms with Crippen LogP contribution in [0.2, 0.25) is 0 Å². The molecular formula is C29H37N3O7. The minimum absolute atomic E-state index is 0.00676. The van der Waals surface area contributed by atoms with Gasteiger partial charge in [0.05, 0.1) is 12.5 Å². The topological polar surface area (TPSA) is 143 Å². The molecule has 10 nitrogen and oxygen atoms in total. The second-order valence-electron chi connectivity index (χ2n) is 10.9. The van der Waals surface area contributed by atoms with Gasteiger partial charge >= 0.3 is 18.2 Å². The van der Waals surface area contributed by atoms with Gasteiger partial charge in [0.2, 0.25) is 5.91 Å². The van der Waals surface area contributed by atoms with Gasteiger partial charge in [0.1, 0.15) is 18.2 Å². The predicted octanol–water partition coefficient (Wildman–Crippen LogP) is 4.03. The van der Waals surface area contributed by atoms with E-state index >= 15 is 0 Å². The van der Waals surface area contributed by atoms with E-state index in [1.165, 1.54) is 0 Å². The van der Waals surface area contributed by atoms with E-state index in [0.29, 0.717) is 0 Å². The molecule has 0 aromatic heterocycles. The molecule has 0 saturated carbocycles. The summed E-state index contributed by atoms with van der Waals surface area (Å²) in [4.78, 5) is 48.8. The first-order chi connectivity index (χ1) is 18.4. The highest BCUT2D eigenvalue weighted by molar-refractivity contribution is 5.89. The van der Waals surface area contributed by atoms with E-state index in [9.17, 15) is 24.3 Å². The summed E-state index contributed by atoms with van der Waals surface area (Å²) < 4.78 is 10.7. The van der Waals surface area contributed by atoms with Gasteiger partial charge in [0.25, 0.3) is 0 Å². The van der Waals surface area contributed by atoms with Crippen LogP contribution in [0.15, 0.2) is 48.5 Å². The number of aliphatic carboxylic acids is 1. The van der Waals surface area contributed by atoms with Gasteiger partial charge in [-0.15, -0.1) is 0 Å². The Hall–Kier alpha value is -4.08. The number of amides is 3. The monoisotopic (exact) mass is 539 g/mol. The molecule has 39 heavy (non-hydrogen) atoms. The summed E-state index contributed by atoms with van der Waals surface area (Å²) in [6.07, 6.45) is -2.16. The molecule has 3 rings (SSSR count). The zero-order valence-corrected chi connectivity index (χ0v) is 22.9. The molecule has 4 N–H and O–H groups in total. The molecule has 2 aromatic carbocycles. The lowest BCUT2D eigenvalue weighted by Crippen LogP contribution is -2.53. The fourth-order valence-electron chi connectivity index (χ4n) is 4.41. The number of hydrogen-bond donors (Lipinski definition) is 4. The molecule has 2 aromatic rings. The average molecular weight is 540 g/mol. The third kappa shape index (κ3) is 8.20. The Balaban J connectivity index is 1.57. The van der Waals surface area contributed by atoms with Crippen LogP contribution in [-0.4, -0.2) is 60.0 Å². The van der Waals surface area contributed by atoms with Crippen molar-refractivity contribution in [2.24, 2.45) is 5.92 Å². The maximum absolute atomic E-state index is 12.7. The fourth-order valence-corrected chi connectivity index (χ4v) is 4.41. The van der Waals surface area contributed by atoms with Crippen LogP contribution in [0.1, 0.15) is 58.1 Å². The van der Waals surface area contributed by atoms with Crippen LogP contribution in [-0.2, 0) is 19.1 Å². The summed E-state index contributed by atoms with van der Waals surface area (Å²) in [5.41, 5.74) is 3.63. The van der Waals surface area contributed by atoms with Crippen molar-refractivity contribution in [3.05, 3.63) is 59.7 Å². The van der Waals surface area contributed by atoms with Crippen molar-refractivity contribution in [3.8, 4) is 11.1 Å². The van der Waals surface area contributed by atoms with E-state index in [4.69, 9.17) is 9.47 Å². The fraction of sp³-hybridized carbons (Fsp3) is 0.448. The van der Waals surface area contributed by atoms with Crippen LogP contribution in [0, 0.1) is 5.92 Å². The molecule has 3 amide bonds. The van der Waals surface area contributed by atoms with Gasteiger partial charge in [0.15, 0.2) is 0 Å². The third-order valence-corrected chi connectivity index (χ3v) is 6.33. The van der Waals surface area contributed by atoms with Gasteiger partial charge in [-0.1, -0.05) is 62.4 Å². The molecule has 0 heterocycles. The number of carbonyl (C=O) groups excluding carboxylic acids is 3. The summed E-state index contributed by atoms with van der Waals surface area (Å²) in [7, 11) is 0. The lowest BCUT2D eigenvalue weighted by atomic mass is 9.98. The molecule has 0 bridgehead atoms. The molecule has 0 spiro atoms. The van der Waals surface area contributed by atoms with E-state index in [1.807, 2.05) is 50.2 Å². The Morgan fingerprint density at radius 2 is 1.46 bits per heavy atom. The van der Waals surface area contributed by atoms with Crippen molar-refractivity contribution in [1.29, 1.82) is 0 Å². The molecule has 2 atom stereocenters. The normalized spacial score (nSPS) is 14.0. The smallest absolute Gasteiger partial charge is 0.408 e. The lowest BCUT2D eigenvalue weighted by molar-refractivity contribution is -0.139. The maximum atomic E-state index is 12.7. The Morgan fingerprint density at radius 3 is 1.97 bits per heavy atom. The number of carboxylic acids is 1. The average Bonchev–Trinajstić information content (AvgIpc) is 3.16. The summed E-state index contributed by atoms with van der Waals surface area (Å²) in [5, 5.41) is 16.9. The maximum Gasteiger partial charge on any atom is 0.408 e. The van der Waals surface area contributed by atoms with Crippen molar-refractivity contribution in [3.63, 3.8) is 0 Å². The molecule has 1 aliphatic carbocycles. The third-order valence-electron chi connectivity index (χ3n) is 6.33. The van der Waals surface area contributed by atoms with Gasteiger partial charge < -0.3 is 30.5 Å². The zero-order valence-electron chi connectivity index (χ0n) is 22.9. The molecule has 0 fully saturated rings. The highest BCUT2D eigenvalue weighted by atomic mass is 16.6. The van der Waals surface area contributed by atoms with Crippen molar-refractivity contribution in [2.45, 2.75) is 64.6 Å². The number of hydrogen-bond acceptors (Lipinski definition) is 6. The lowest BCUT2D eigenvalue weighted by Gasteiger charge is -2.25. The van der Waals surface area contributed by atoms with E-state index < -0.39 is 48.2 Å². The van der Waals surface area contributed by atoms with Gasteiger partial charge in [-0.3, -0.25) is 9.59 Å². The SMILES string of the molecule is CC(C)[C@@H](CNC(=O)[C@H](CC(=O)O)NC(=O)OC(C)(C)C)NC(=O)OCC1c2ccccc2-c2ccccc21. The van der Waals surface area contributed by atoms with Crippen LogP contribution < -0.4 is 16.0 Å². The molecule has 10 heteroatoms. The number of ether oxygens (including phenoxy) is 2. The first kappa shape index (κ1) is 29.5. The molecule has 0 unspecified atom stereocenters. The highest BCUT2D eigenvalue weighted by Gasteiger charge is 2.30. The minimum atomic E-state index is -1.35. The number of benzene rings is 2. The number of fused-ring (bicyclic) bond motifs is 3. The van der Waals surface area contributed by atoms with Crippen molar-refractivity contribution in [1.82, 2.24) is 16.0 Å². The Bertz CT molecular complexity index is 1160. The highest BCUT2D eigenvalue weighted by Crippen LogP contribution is 2.44. The second-order valence-corrected chi connectivity index (χ2v) is 10.9. The van der Waals surface area contributed by atoms with Gasteiger partial charge in [0, 0.05) is 12.5 Å². The van der Waals surface area contributed by atoms with Crippen LogP contribution in [0.25, 0.3) is 11.1 Å². The summed E-state index contributed by atoms with van der Waals surface area (Å²) in [6.45, 7) is 8.86.